The molecule has 0 saturated carbocycles. The fourth-order valence-corrected chi connectivity index (χ4v) is 1.49. The van der Waals surface area contributed by atoms with E-state index < -0.39 is 0 Å². The molecule has 82 valence electrons. The predicted octanol–water partition coefficient (Wildman–Crippen LogP) is 3.05. The summed E-state index contributed by atoms with van der Waals surface area (Å²) in [6, 6.07) is 7.66. The van der Waals surface area contributed by atoms with Gasteiger partial charge in [-0.15, -0.1) is 0 Å². The minimum absolute atomic E-state index is 0.515. The maximum absolute atomic E-state index is 5.71. The lowest BCUT2D eigenvalue weighted by molar-refractivity contribution is 1.09. The molecular formula is C12H12ClN3. The lowest BCUT2D eigenvalue weighted by Crippen LogP contribution is -2.02. The van der Waals surface area contributed by atoms with Crippen molar-refractivity contribution < 1.29 is 0 Å². The monoisotopic (exact) mass is 233 g/mol. The van der Waals surface area contributed by atoms with Crippen LogP contribution in [0.2, 0.25) is 5.15 Å². The normalized spacial score (nSPS) is 10.1. The second-order valence-electron chi connectivity index (χ2n) is 3.48. The summed E-state index contributed by atoms with van der Waals surface area (Å²) in [4.78, 5) is 8.23. The molecule has 16 heavy (non-hydrogen) atoms. The number of hydrogen-bond acceptors (Lipinski definition) is 3. The first-order chi connectivity index (χ1) is 7.75. The van der Waals surface area contributed by atoms with Crippen molar-refractivity contribution >= 4 is 17.3 Å². The molecule has 0 fully saturated rings. The van der Waals surface area contributed by atoms with Gasteiger partial charge >= 0.3 is 0 Å². The van der Waals surface area contributed by atoms with Gasteiger partial charge in [-0.2, -0.15) is 0 Å². The molecule has 2 rings (SSSR count). The van der Waals surface area contributed by atoms with Gasteiger partial charge < -0.3 is 5.32 Å². The van der Waals surface area contributed by atoms with E-state index in [1.165, 1.54) is 0 Å². The molecule has 0 unspecified atom stereocenters. The highest BCUT2D eigenvalue weighted by Crippen LogP contribution is 2.12. The molecule has 2 aromatic rings. The molecule has 0 spiro atoms. The van der Waals surface area contributed by atoms with Gasteiger partial charge in [-0.05, 0) is 30.7 Å². The first-order valence-electron chi connectivity index (χ1n) is 5.01. The number of nitrogens with one attached hydrogen (secondary N) is 1. The van der Waals surface area contributed by atoms with Gasteiger partial charge in [-0.25, -0.2) is 4.98 Å². The zero-order chi connectivity index (χ0) is 11.4. The lowest BCUT2D eigenvalue weighted by Gasteiger charge is -2.08. The Morgan fingerprint density at radius 3 is 2.81 bits per heavy atom. The zero-order valence-corrected chi connectivity index (χ0v) is 9.70. The Kier molecular flexibility index (Phi) is 3.37. The largest absolute Gasteiger partial charge is 0.379 e. The Balaban J connectivity index is 2.02. The average molecular weight is 234 g/mol. The third kappa shape index (κ3) is 2.70. The second kappa shape index (κ2) is 4.94. The number of halogens is 1. The number of nitrogens with zero attached hydrogens (tertiary/aromatic N) is 2. The SMILES string of the molecule is Cc1ncccc1NCc1ccc(Cl)nc1. The summed E-state index contributed by atoms with van der Waals surface area (Å²) in [7, 11) is 0. The molecular weight excluding hydrogens is 222 g/mol. The van der Waals surface area contributed by atoms with E-state index in [0.29, 0.717) is 5.15 Å². The fourth-order valence-electron chi connectivity index (χ4n) is 1.38. The van der Waals surface area contributed by atoms with Crippen molar-refractivity contribution in [2.75, 3.05) is 5.32 Å². The number of anilines is 1. The Bertz CT molecular complexity index is 468. The highest BCUT2D eigenvalue weighted by molar-refractivity contribution is 6.29. The highest BCUT2D eigenvalue weighted by Gasteiger charge is 1.98. The molecule has 1 N–H and O–H groups in total. The van der Waals surface area contributed by atoms with E-state index in [1.54, 1.807) is 18.5 Å². The third-order valence-electron chi connectivity index (χ3n) is 2.28. The van der Waals surface area contributed by atoms with Crippen LogP contribution in [0.3, 0.4) is 0 Å². The molecule has 0 aromatic carbocycles. The van der Waals surface area contributed by atoms with Gasteiger partial charge in [0.15, 0.2) is 0 Å². The lowest BCUT2D eigenvalue weighted by atomic mass is 10.2. The molecule has 2 heterocycles. The van der Waals surface area contributed by atoms with E-state index in [-0.39, 0.29) is 0 Å². The van der Waals surface area contributed by atoms with E-state index in [0.717, 1.165) is 23.5 Å². The van der Waals surface area contributed by atoms with Crippen molar-refractivity contribution in [2.45, 2.75) is 13.5 Å². The van der Waals surface area contributed by atoms with Crippen molar-refractivity contribution in [3.05, 3.63) is 53.1 Å². The van der Waals surface area contributed by atoms with Gasteiger partial charge in [0.1, 0.15) is 5.15 Å². The highest BCUT2D eigenvalue weighted by atomic mass is 35.5. The van der Waals surface area contributed by atoms with Crippen LogP contribution in [0.15, 0.2) is 36.7 Å². The average Bonchev–Trinajstić information content (AvgIpc) is 2.30. The van der Waals surface area contributed by atoms with Crippen LogP contribution >= 0.6 is 11.6 Å². The molecule has 0 aliphatic rings. The minimum atomic E-state index is 0.515. The van der Waals surface area contributed by atoms with Crippen molar-refractivity contribution in [3.8, 4) is 0 Å². The summed E-state index contributed by atoms with van der Waals surface area (Å²) in [6.45, 7) is 2.69. The Hall–Kier alpha value is -1.61. The Labute approximate surface area is 99.5 Å². The molecule has 2 aromatic heterocycles. The van der Waals surface area contributed by atoms with Crippen molar-refractivity contribution in [2.24, 2.45) is 0 Å². The van der Waals surface area contributed by atoms with Crippen LogP contribution in [0.5, 0.6) is 0 Å². The quantitative estimate of drug-likeness (QED) is 0.828. The summed E-state index contributed by atoms with van der Waals surface area (Å²) in [5.41, 5.74) is 3.12. The first-order valence-corrected chi connectivity index (χ1v) is 5.39. The molecule has 0 saturated heterocycles. The maximum Gasteiger partial charge on any atom is 0.129 e. The number of aromatic nitrogens is 2. The van der Waals surface area contributed by atoms with E-state index in [1.807, 2.05) is 25.1 Å². The Morgan fingerprint density at radius 2 is 2.12 bits per heavy atom. The summed E-state index contributed by atoms with van der Waals surface area (Å²) >= 11 is 5.71. The molecule has 4 heteroatoms. The van der Waals surface area contributed by atoms with Gasteiger partial charge in [0, 0.05) is 18.9 Å². The van der Waals surface area contributed by atoms with E-state index >= 15 is 0 Å². The van der Waals surface area contributed by atoms with Gasteiger partial charge in [0.25, 0.3) is 0 Å². The van der Waals surface area contributed by atoms with Crippen LogP contribution in [0.25, 0.3) is 0 Å². The first kappa shape index (κ1) is 10.9. The van der Waals surface area contributed by atoms with Crippen LogP contribution in [0.4, 0.5) is 5.69 Å². The van der Waals surface area contributed by atoms with Gasteiger partial charge in [0.05, 0.1) is 11.4 Å². The topological polar surface area (TPSA) is 37.8 Å². The molecule has 0 atom stereocenters. The molecule has 0 bridgehead atoms. The Morgan fingerprint density at radius 1 is 1.25 bits per heavy atom. The number of aryl methyl sites for hydroxylation is 1. The predicted molar refractivity (Wildman–Crippen MR) is 65.5 cm³/mol. The molecule has 0 aliphatic heterocycles. The molecule has 0 amide bonds. The standard InChI is InChI=1S/C12H12ClN3/c1-9-11(3-2-6-14-9)15-7-10-4-5-12(13)16-8-10/h2-6,8,15H,7H2,1H3. The second-order valence-corrected chi connectivity index (χ2v) is 3.87. The van der Waals surface area contributed by atoms with Crippen LogP contribution in [-0.2, 0) is 6.54 Å². The number of rotatable bonds is 3. The van der Waals surface area contributed by atoms with Gasteiger partial charge in [-0.3, -0.25) is 4.98 Å². The van der Waals surface area contributed by atoms with E-state index in [9.17, 15) is 0 Å². The summed E-state index contributed by atoms with van der Waals surface area (Å²) in [5, 5.41) is 3.82. The van der Waals surface area contributed by atoms with Crippen molar-refractivity contribution in [3.63, 3.8) is 0 Å². The van der Waals surface area contributed by atoms with E-state index in [2.05, 4.69) is 15.3 Å². The smallest absolute Gasteiger partial charge is 0.129 e. The maximum atomic E-state index is 5.71. The van der Waals surface area contributed by atoms with Crippen LogP contribution in [0, 0.1) is 6.92 Å². The molecule has 3 nitrogen and oxygen atoms in total. The van der Waals surface area contributed by atoms with Crippen molar-refractivity contribution in [1.29, 1.82) is 0 Å². The van der Waals surface area contributed by atoms with Crippen LogP contribution < -0.4 is 5.32 Å². The van der Waals surface area contributed by atoms with Gasteiger partial charge in [-0.1, -0.05) is 17.7 Å². The van der Waals surface area contributed by atoms with Crippen LogP contribution in [-0.4, -0.2) is 9.97 Å². The summed E-state index contributed by atoms with van der Waals surface area (Å²) < 4.78 is 0. The number of hydrogen-bond donors (Lipinski definition) is 1. The molecule has 0 radical (unpaired) electrons. The van der Waals surface area contributed by atoms with E-state index in [4.69, 9.17) is 11.6 Å². The summed E-state index contributed by atoms with van der Waals surface area (Å²) in [5.74, 6) is 0. The fraction of sp³-hybridized carbons (Fsp3) is 0.167. The zero-order valence-electron chi connectivity index (χ0n) is 8.94. The van der Waals surface area contributed by atoms with Crippen molar-refractivity contribution in [1.82, 2.24) is 9.97 Å². The van der Waals surface area contributed by atoms with Crippen LogP contribution in [0.1, 0.15) is 11.3 Å². The third-order valence-corrected chi connectivity index (χ3v) is 2.50. The summed E-state index contributed by atoms with van der Waals surface area (Å²) in [6.07, 6.45) is 3.55. The number of pyridine rings is 2. The minimum Gasteiger partial charge on any atom is -0.379 e. The molecule has 0 aliphatic carbocycles. The van der Waals surface area contributed by atoms with Gasteiger partial charge in [0.2, 0.25) is 0 Å².